The molecule has 0 spiro atoms. The van der Waals surface area contributed by atoms with Crippen LogP contribution in [-0.4, -0.2) is 65.3 Å². The van der Waals surface area contributed by atoms with Crippen LogP contribution in [0.1, 0.15) is 6.42 Å². The van der Waals surface area contributed by atoms with Gasteiger partial charge in [0, 0.05) is 10.5 Å². The zero-order chi connectivity index (χ0) is 17.0. The second-order valence-electron chi connectivity index (χ2n) is 5.18. The Morgan fingerprint density at radius 2 is 2.26 bits per heavy atom. The lowest BCUT2D eigenvalue weighted by molar-refractivity contribution is -0.136. The van der Waals surface area contributed by atoms with Gasteiger partial charge in [0.2, 0.25) is 0 Å². The van der Waals surface area contributed by atoms with Crippen molar-refractivity contribution in [3.63, 3.8) is 0 Å². The molecule has 1 unspecified atom stereocenters. The van der Waals surface area contributed by atoms with E-state index in [4.69, 9.17) is 19.2 Å². The molecule has 1 aliphatic carbocycles. The van der Waals surface area contributed by atoms with Gasteiger partial charge < -0.3 is 14.2 Å². The maximum Gasteiger partial charge on any atom is 0.333 e. The standard InChI is InChI=1S/C12H17N3O7S/c1-19-12(16)7-3-9(14-15-13)11(22-23(2,17)18)10(4-7)21-6-8-5-20-8/h4,8-11H,3,5-6H2,1-2H3/t8?,9-,10-,11+/m1/s1. The fourth-order valence-electron chi connectivity index (χ4n) is 2.22. The maximum atomic E-state index is 11.7. The van der Waals surface area contributed by atoms with Crippen LogP contribution in [0.15, 0.2) is 16.8 Å². The number of esters is 1. The first-order valence-electron chi connectivity index (χ1n) is 6.78. The molecule has 1 heterocycles. The molecule has 2 aliphatic rings. The molecule has 2 rings (SSSR count). The average Bonchev–Trinajstić information content (AvgIpc) is 3.29. The fourth-order valence-corrected chi connectivity index (χ4v) is 2.86. The maximum absolute atomic E-state index is 11.7. The number of hydrogen-bond donors (Lipinski definition) is 0. The lowest BCUT2D eigenvalue weighted by Crippen LogP contribution is -2.45. The molecule has 4 atom stereocenters. The Labute approximate surface area is 133 Å². The third-order valence-electron chi connectivity index (χ3n) is 3.31. The number of methoxy groups -OCH3 is 1. The van der Waals surface area contributed by atoms with Gasteiger partial charge >= 0.3 is 5.97 Å². The Balaban J connectivity index is 2.28. The van der Waals surface area contributed by atoms with Gasteiger partial charge in [0.25, 0.3) is 10.1 Å². The molecule has 0 aromatic carbocycles. The quantitative estimate of drug-likeness (QED) is 0.161. The molecule has 0 amide bonds. The van der Waals surface area contributed by atoms with Crippen molar-refractivity contribution in [3.8, 4) is 0 Å². The molecule has 1 fully saturated rings. The lowest BCUT2D eigenvalue weighted by Gasteiger charge is -2.33. The van der Waals surface area contributed by atoms with Crippen LogP contribution in [0.25, 0.3) is 10.4 Å². The molecule has 11 heteroatoms. The van der Waals surface area contributed by atoms with Gasteiger partial charge in [0.15, 0.2) is 0 Å². The summed E-state index contributed by atoms with van der Waals surface area (Å²) in [6.07, 6.45) is 0.314. The van der Waals surface area contributed by atoms with Crippen LogP contribution in [0, 0.1) is 0 Å². The Morgan fingerprint density at radius 3 is 2.78 bits per heavy atom. The SMILES string of the molecule is COC(=O)C1=C[C@@H](OCC2CO2)[C@@H](OS(C)(=O)=O)[C@H](N=[N+]=[N-])C1. The van der Waals surface area contributed by atoms with Crippen molar-refractivity contribution in [2.24, 2.45) is 5.11 Å². The van der Waals surface area contributed by atoms with E-state index in [0.717, 1.165) is 6.26 Å². The third-order valence-corrected chi connectivity index (χ3v) is 3.88. The van der Waals surface area contributed by atoms with Crippen molar-refractivity contribution in [2.45, 2.75) is 30.8 Å². The molecule has 1 aliphatic heterocycles. The number of azide groups is 1. The molecule has 0 radical (unpaired) electrons. The third kappa shape index (κ3) is 5.19. The molecule has 0 saturated carbocycles. The summed E-state index contributed by atoms with van der Waals surface area (Å²) in [4.78, 5) is 14.4. The first-order valence-corrected chi connectivity index (χ1v) is 8.60. The van der Waals surface area contributed by atoms with E-state index >= 15 is 0 Å². The van der Waals surface area contributed by atoms with Gasteiger partial charge in [-0.1, -0.05) is 5.11 Å². The summed E-state index contributed by atoms with van der Waals surface area (Å²) in [5.74, 6) is -0.600. The van der Waals surface area contributed by atoms with Gasteiger partial charge in [0.05, 0.1) is 32.6 Å². The highest BCUT2D eigenvalue weighted by Gasteiger charge is 2.39. The Kier molecular flexibility index (Phi) is 5.60. The minimum absolute atomic E-state index is 0.00327. The second kappa shape index (κ2) is 7.28. The summed E-state index contributed by atoms with van der Waals surface area (Å²) in [5.41, 5.74) is 8.92. The molecular formula is C12H17N3O7S. The van der Waals surface area contributed by atoms with Crippen molar-refractivity contribution >= 4 is 16.1 Å². The predicted octanol–water partition coefficient (Wildman–Crippen LogP) is 0.297. The van der Waals surface area contributed by atoms with Crippen LogP contribution in [-0.2, 0) is 33.3 Å². The lowest BCUT2D eigenvalue weighted by atomic mass is 9.90. The summed E-state index contributed by atoms with van der Waals surface area (Å²) in [6.45, 7) is 0.764. The zero-order valence-electron chi connectivity index (χ0n) is 12.6. The average molecular weight is 347 g/mol. The molecule has 128 valence electrons. The van der Waals surface area contributed by atoms with E-state index < -0.39 is 34.3 Å². The zero-order valence-corrected chi connectivity index (χ0v) is 13.4. The summed E-state index contributed by atoms with van der Waals surface area (Å²) >= 11 is 0. The number of ether oxygens (including phenoxy) is 3. The van der Waals surface area contributed by atoms with Crippen molar-refractivity contribution < 1.29 is 31.6 Å². The van der Waals surface area contributed by atoms with Crippen molar-refractivity contribution in [2.75, 3.05) is 26.6 Å². The van der Waals surface area contributed by atoms with Gasteiger partial charge in [0.1, 0.15) is 18.3 Å². The summed E-state index contributed by atoms with van der Waals surface area (Å²) in [5, 5.41) is 3.54. The van der Waals surface area contributed by atoms with E-state index in [9.17, 15) is 13.2 Å². The highest BCUT2D eigenvalue weighted by Crippen LogP contribution is 2.29. The predicted molar refractivity (Wildman–Crippen MR) is 76.8 cm³/mol. The first-order chi connectivity index (χ1) is 10.8. The van der Waals surface area contributed by atoms with Crippen LogP contribution in [0.3, 0.4) is 0 Å². The van der Waals surface area contributed by atoms with E-state index in [1.165, 1.54) is 13.2 Å². The summed E-state index contributed by atoms with van der Waals surface area (Å²) < 4.78 is 43.2. The number of nitrogens with zero attached hydrogens (tertiary/aromatic N) is 3. The van der Waals surface area contributed by atoms with E-state index in [0.29, 0.717) is 6.61 Å². The summed E-state index contributed by atoms with van der Waals surface area (Å²) in [7, 11) is -2.59. The topological polar surface area (TPSA) is 140 Å². The van der Waals surface area contributed by atoms with Crippen LogP contribution in [0.4, 0.5) is 0 Å². The molecular weight excluding hydrogens is 330 g/mol. The normalized spacial score (nSPS) is 30.1. The fraction of sp³-hybridized carbons (Fsp3) is 0.750. The second-order valence-corrected chi connectivity index (χ2v) is 6.78. The number of epoxide rings is 1. The molecule has 1 saturated heterocycles. The first kappa shape index (κ1) is 17.7. The van der Waals surface area contributed by atoms with Crippen molar-refractivity contribution in [1.29, 1.82) is 0 Å². The highest BCUT2D eigenvalue weighted by molar-refractivity contribution is 7.86. The smallest absolute Gasteiger partial charge is 0.333 e. The highest BCUT2D eigenvalue weighted by atomic mass is 32.2. The molecule has 23 heavy (non-hydrogen) atoms. The van der Waals surface area contributed by atoms with Gasteiger partial charge in [-0.3, -0.25) is 4.18 Å². The number of carbonyl (C=O) groups excluding carboxylic acids is 1. The van der Waals surface area contributed by atoms with Gasteiger partial charge in [-0.15, -0.1) is 0 Å². The van der Waals surface area contributed by atoms with E-state index in [1.54, 1.807) is 0 Å². The largest absolute Gasteiger partial charge is 0.466 e. The monoisotopic (exact) mass is 347 g/mol. The Morgan fingerprint density at radius 1 is 1.57 bits per heavy atom. The molecule has 10 nitrogen and oxygen atoms in total. The molecule has 0 N–H and O–H groups in total. The van der Waals surface area contributed by atoms with Crippen LogP contribution < -0.4 is 0 Å². The van der Waals surface area contributed by atoms with Crippen LogP contribution in [0.2, 0.25) is 0 Å². The number of rotatable bonds is 7. The molecule has 0 aromatic rings. The van der Waals surface area contributed by atoms with Gasteiger partial charge in [-0.05, 0) is 18.0 Å². The van der Waals surface area contributed by atoms with E-state index in [-0.39, 0.29) is 24.7 Å². The Bertz CT molecular complexity index is 637. The van der Waals surface area contributed by atoms with E-state index in [1.807, 2.05) is 0 Å². The van der Waals surface area contributed by atoms with Gasteiger partial charge in [-0.2, -0.15) is 8.42 Å². The molecule has 0 aromatic heterocycles. The van der Waals surface area contributed by atoms with Crippen LogP contribution >= 0.6 is 0 Å². The summed E-state index contributed by atoms with van der Waals surface area (Å²) in [6, 6.07) is -0.918. The van der Waals surface area contributed by atoms with Crippen molar-refractivity contribution in [3.05, 3.63) is 22.1 Å². The Hall–Kier alpha value is -1.65. The minimum atomic E-state index is -3.81. The van der Waals surface area contributed by atoms with E-state index in [2.05, 4.69) is 14.8 Å². The number of hydrogen-bond acceptors (Lipinski definition) is 8. The van der Waals surface area contributed by atoms with Gasteiger partial charge in [-0.25, -0.2) is 4.79 Å². The van der Waals surface area contributed by atoms with Crippen LogP contribution in [0.5, 0.6) is 0 Å². The molecule has 0 bridgehead atoms. The number of carbonyl (C=O) groups is 1. The van der Waals surface area contributed by atoms with Crippen molar-refractivity contribution in [1.82, 2.24) is 0 Å². The minimum Gasteiger partial charge on any atom is -0.466 e.